The Bertz CT molecular complexity index is 801. The zero-order valence-corrected chi connectivity index (χ0v) is 15.5. The van der Waals surface area contributed by atoms with Gasteiger partial charge in [-0.2, -0.15) is 0 Å². The highest BCUT2D eigenvalue weighted by molar-refractivity contribution is 6.31. The van der Waals surface area contributed by atoms with Crippen molar-refractivity contribution < 1.29 is 9.59 Å². The number of likely N-dealkylation sites (N-methyl/N-ethyl adjacent to an activating group) is 1. The zero-order valence-electron chi connectivity index (χ0n) is 14.7. The molecule has 0 radical (unpaired) electrons. The van der Waals surface area contributed by atoms with Crippen LogP contribution in [0, 0.1) is 0 Å². The molecule has 2 aromatic rings. The van der Waals surface area contributed by atoms with Crippen molar-refractivity contribution in [2.75, 3.05) is 33.2 Å². The maximum atomic E-state index is 12.7. The van der Waals surface area contributed by atoms with E-state index in [-0.39, 0.29) is 11.8 Å². The number of piperazine rings is 1. The van der Waals surface area contributed by atoms with Crippen molar-refractivity contribution in [3.8, 4) is 0 Å². The summed E-state index contributed by atoms with van der Waals surface area (Å²) in [5, 5.41) is 3.47. The second-order valence-electron chi connectivity index (χ2n) is 6.45. The van der Waals surface area contributed by atoms with Gasteiger partial charge in [0.2, 0.25) is 0 Å². The van der Waals surface area contributed by atoms with Crippen LogP contribution in [0.5, 0.6) is 0 Å². The Morgan fingerprint density at radius 3 is 2.42 bits per heavy atom. The summed E-state index contributed by atoms with van der Waals surface area (Å²) in [7, 11) is 2.05. The van der Waals surface area contributed by atoms with Gasteiger partial charge in [0, 0.05) is 48.9 Å². The molecule has 0 saturated carbocycles. The second kappa shape index (κ2) is 8.34. The lowest BCUT2D eigenvalue weighted by atomic mass is 10.1. The van der Waals surface area contributed by atoms with E-state index in [9.17, 15) is 9.59 Å². The average molecular weight is 372 g/mol. The number of carbonyl (C=O) groups excluding carboxylic acids is 2. The Balaban J connectivity index is 1.65. The molecule has 0 spiro atoms. The third kappa shape index (κ3) is 4.42. The lowest BCUT2D eigenvalue weighted by Crippen LogP contribution is -2.47. The lowest BCUT2D eigenvalue weighted by Gasteiger charge is -2.32. The molecule has 1 aliphatic heterocycles. The van der Waals surface area contributed by atoms with Crippen molar-refractivity contribution in [1.82, 2.24) is 15.1 Å². The fourth-order valence-corrected chi connectivity index (χ4v) is 3.11. The van der Waals surface area contributed by atoms with Gasteiger partial charge < -0.3 is 15.1 Å². The van der Waals surface area contributed by atoms with Crippen LogP contribution in [-0.4, -0.2) is 54.8 Å². The molecule has 136 valence electrons. The fraction of sp³-hybridized carbons (Fsp3) is 0.300. The van der Waals surface area contributed by atoms with E-state index in [1.807, 2.05) is 30.1 Å². The number of hydrogen-bond donors (Lipinski definition) is 1. The van der Waals surface area contributed by atoms with E-state index in [1.165, 1.54) is 0 Å². The second-order valence-corrected chi connectivity index (χ2v) is 6.86. The Morgan fingerprint density at radius 2 is 1.69 bits per heavy atom. The van der Waals surface area contributed by atoms with Crippen molar-refractivity contribution >= 4 is 23.4 Å². The minimum Gasteiger partial charge on any atom is -0.348 e. The van der Waals surface area contributed by atoms with Crippen LogP contribution in [-0.2, 0) is 6.54 Å². The molecule has 0 aromatic heterocycles. The Morgan fingerprint density at radius 1 is 1.00 bits per heavy atom. The van der Waals surface area contributed by atoms with E-state index in [0.717, 1.165) is 18.7 Å². The van der Waals surface area contributed by atoms with Gasteiger partial charge >= 0.3 is 0 Å². The van der Waals surface area contributed by atoms with Crippen LogP contribution < -0.4 is 5.32 Å². The zero-order chi connectivity index (χ0) is 18.5. The Kier molecular flexibility index (Phi) is 5.91. The first kappa shape index (κ1) is 18.4. The molecule has 3 rings (SSSR count). The molecule has 1 heterocycles. The Labute approximate surface area is 158 Å². The van der Waals surface area contributed by atoms with Gasteiger partial charge in [-0.25, -0.2) is 0 Å². The molecule has 0 bridgehead atoms. The summed E-state index contributed by atoms with van der Waals surface area (Å²) in [5.41, 5.74) is 1.86. The number of nitrogens with zero attached hydrogens (tertiary/aromatic N) is 2. The highest BCUT2D eigenvalue weighted by Gasteiger charge is 2.21. The first-order valence-corrected chi connectivity index (χ1v) is 9.02. The van der Waals surface area contributed by atoms with Crippen molar-refractivity contribution in [2.24, 2.45) is 0 Å². The van der Waals surface area contributed by atoms with Crippen LogP contribution in [0.15, 0.2) is 48.5 Å². The molecule has 0 unspecified atom stereocenters. The monoisotopic (exact) mass is 371 g/mol. The summed E-state index contributed by atoms with van der Waals surface area (Å²) < 4.78 is 0. The Hall–Kier alpha value is -2.37. The first-order valence-electron chi connectivity index (χ1n) is 8.64. The number of carbonyl (C=O) groups is 2. The first-order chi connectivity index (χ1) is 12.5. The van der Waals surface area contributed by atoms with Gasteiger partial charge in [-0.3, -0.25) is 9.59 Å². The van der Waals surface area contributed by atoms with E-state index in [1.54, 1.807) is 30.3 Å². The number of hydrogen-bond acceptors (Lipinski definition) is 3. The van der Waals surface area contributed by atoms with Crippen molar-refractivity contribution in [3.05, 3.63) is 70.2 Å². The van der Waals surface area contributed by atoms with Crippen molar-refractivity contribution in [3.63, 3.8) is 0 Å². The summed E-state index contributed by atoms with van der Waals surface area (Å²) >= 11 is 6.11. The molecular weight excluding hydrogens is 350 g/mol. The predicted molar refractivity (Wildman–Crippen MR) is 102 cm³/mol. The smallest absolute Gasteiger partial charge is 0.253 e. The summed E-state index contributed by atoms with van der Waals surface area (Å²) in [5.74, 6) is -0.253. The van der Waals surface area contributed by atoms with Gasteiger partial charge in [-0.1, -0.05) is 35.9 Å². The topological polar surface area (TPSA) is 52.7 Å². The van der Waals surface area contributed by atoms with Crippen LogP contribution in [0.4, 0.5) is 0 Å². The third-order valence-corrected chi connectivity index (χ3v) is 4.93. The van der Waals surface area contributed by atoms with Crippen LogP contribution in [0.1, 0.15) is 26.3 Å². The highest BCUT2D eigenvalue weighted by atomic mass is 35.5. The maximum absolute atomic E-state index is 12.7. The van der Waals surface area contributed by atoms with Gasteiger partial charge in [0.15, 0.2) is 0 Å². The van der Waals surface area contributed by atoms with Crippen molar-refractivity contribution in [1.29, 1.82) is 0 Å². The summed E-state index contributed by atoms with van der Waals surface area (Å²) in [6.45, 7) is 3.49. The van der Waals surface area contributed by atoms with Gasteiger partial charge in [0.25, 0.3) is 11.8 Å². The largest absolute Gasteiger partial charge is 0.348 e. The van der Waals surface area contributed by atoms with Crippen LogP contribution >= 0.6 is 11.6 Å². The minimum atomic E-state index is -0.224. The fourth-order valence-electron chi connectivity index (χ4n) is 2.90. The van der Waals surface area contributed by atoms with E-state index in [4.69, 9.17) is 11.6 Å². The number of benzene rings is 2. The van der Waals surface area contributed by atoms with Crippen LogP contribution in [0.25, 0.3) is 0 Å². The normalized spacial score (nSPS) is 14.9. The lowest BCUT2D eigenvalue weighted by molar-refractivity contribution is 0.0664. The minimum absolute atomic E-state index is 0.0288. The SMILES string of the molecule is CN1CCN(C(=O)c2cccc(C(=O)NCc3ccccc3Cl)c2)CC1. The van der Waals surface area contributed by atoms with E-state index >= 15 is 0 Å². The van der Waals surface area contributed by atoms with Gasteiger partial charge in [0.1, 0.15) is 0 Å². The number of rotatable bonds is 4. The van der Waals surface area contributed by atoms with E-state index in [2.05, 4.69) is 10.2 Å². The quantitative estimate of drug-likeness (QED) is 0.899. The molecule has 1 saturated heterocycles. The summed E-state index contributed by atoms with van der Waals surface area (Å²) in [6.07, 6.45) is 0. The molecule has 6 heteroatoms. The molecular formula is C20H22ClN3O2. The number of amides is 2. The summed E-state index contributed by atoms with van der Waals surface area (Å²) in [4.78, 5) is 29.1. The number of halogens is 1. The molecule has 2 aromatic carbocycles. The molecule has 0 atom stereocenters. The van der Waals surface area contributed by atoms with Gasteiger partial charge in [-0.05, 0) is 36.9 Å². The number of nitrogens with one attached hydrogen (secondary N) is 1. The molecule has 1 N–H and O–H groups in total. The molecule has 1 fully saturated rings. The molecule has 0 aliphatic carbocycles. The van der Waals surface area contributed by atoms with E-state index < -0.39 is 0 Å². The van der Waals surface area contributed by atoms with Crippen molar-refractivity contribution in [2.45, 2.75) is 6.54 Å². The van der Waals surface area contributed by atoms with Gasteiger partial charge in [0.05, 0.1) is 0 Å². The molecule has 5 nitrogen and oxygen atoms in total. The van der Waals surface area contributed by atoms with Crippen LogP contribution in [0.2, 0.25) is 5.02 Å². The highest BCUT2D eigenvalue weighted by Crippen LogP contribution is 2.15. The maximum Gasteiger partial charge on any atom is 0.253 e. The third-order valence-electron chi connectivity index (χ3n) is 4.56. The standard InChI is InChI=1S/C20H22ClN3O2/c1-23-9-11-24(12-10-23)20(26)16-7-4-6-15(13-16)19(25)22-14-17-5-2-3-8-18(17)21/h2-8,13H,9-12,14H2,1H3,(H,22,25). The van der Waals surface area contributed by atoms with E-state index in [0.29, 0.717) is 35.8 Å². The van der Waals surface area contributed by atoms with Crippen LogP contribution in [0.3, 0.4) is 0 Å². The average Bonchev–Trinajstić information content (AvgIpc) is 2.67. The molecule has 26 heavy (non-hydrogen) atoms. The molecule has 1 aliphatic rings. The van der Waals surface area contributed by atoms with Gasteiger partial charge in [-0.15, -0.1) is 0 Å². The molecule has 2 amide bonds. The predicted octanol–water partition coefficient (Wildman–Crippen LogP) is 2.66. The summed E-state index contributed by atoms with van der Waals surface area (Å²) in [6, 6.07) is 14.3.